The van der Waals surface area contributed by atoms with Crippen LogP contribution in [0.25, 0.3) is 0 Å². The van der Waals surface area contributed by atoms with Crippen molar-refractivity contribution in [3.8, 4) is 0 Å². The van der Waals surface area contributed by atoms with Crippen molar-refractivity contribution in [3.05, 3.63) is 59.7 Å². The minimum Gasteiger partial charge on any atom is -0.353 e. The van der Waals surface area contributed by atoms with Crippen molar-refractivity contribution in [3.63, 3.8) is 0 Å². The molecule has 2 N–H and O–H groups in total. The van der Waals surface area contributed by atoms with Gasteiger partial charge in [-0.05, 0) is 75.1 Å². The molecule has 0 aliphatic heterocycles. The summed E-state index contributed by atoms with van der Waals surface area (Å²) in [5.41, 5.74) is 2.51. The van der Waals surface area contributed by atoms with Gasteiger partial charge < -0.3 is 10.6 Å². The number of hydrogen-bond acceptors (Lipinski definition) is 3. The number of hydrogen-bond donors (Lipinski definition) is 2. The molecule has 0 radical (unpaired) electrons. The number of rotatable bonds is 7. The highest BCUT2D eigenvalue weighted by molar-refractivity contribution is 8.00. The normalized spacial score (nSPS) is 23.2. The summed E-state index contributed by atoms with van der Waals surface area (Å²) in [6.45, 7) is 4.16. The Morgan fingerprint density at radius 3 is 2.53 bits per heavy atom. The fourth-order valence-electron chi connectivity index (χ4n) is 5.07. The van der Waals surface area contributed by atoms with Crippen molar-refractivity contribution >= 4 is 29.3 Å². The zero-order valence-corrected chi connectivity index (χ0v) is 18.5. The lowest BCUT2D eigenvalue weighted by Crippen LogP contribution is -2.40. The number of carbonyl (C=O) groups excluding carboxylic acids is 2. The lowest BCUT2D eigenvalue weighted by atomic mass is 9.84. The fraction of sp³-hybridized carbons (Fsp3) is 0.440. The molecule has 2 saturated carbocycles. The Kier molecular flexibility index (Phi) is 6.47. The maximum atomic E-state index is 12.8. The van der Waals surface area contributed by atoms with Crippen LogP contribution in [0.15, 0.2) is 53.4 Å². The molecule has 30 heavy (non-hydrogen) atoms. The summed E-state index contributed by atoms with van der Waals surface area (Å²) in [4.78, 5) is 26.1. The zero-order chi connectivity index (χ0) is 21.1. The van der Waals surface area contributed by atoms with E-state index in [4.69, 9.17) is 0 Å². The number of carbonyl (C=O) groups is 2. The van der Waals surface area contributed by atoms with E-state index in [2.05, 4.69) is 17.6 Å². The molecule has 0 unspecified atom stereocenters. The lowest BCUT2D eigenvalue weighted by molar-refractivity contribution is -0.119. The van der Waals surface area contributed by atoms with E-state index in [9.17, 15) is 9.59 Å². The second-order valence-electron chi connectivity index (χ2n) is 8.80. The molecule has 2 aliphatic carbocycles. The molecule has 0 aromatic heterocycles. The number of fused-ring (bicyclic) bond motifs is 2. The van der Waals surface area contributed by atoms with Crippen molar-refractivity contribution in [2.24, 2.45) is 17.8 Å². The summed E-state index contributed by atoms with van der Waals surface area (Å²) >= 11 is 1.42. The van der Waals surface area contributed by atoms with Gasteiger partial charge in [0.1, 0.15) is 0 Å². The van der Waals surface area contributed by atoms with Crippen LogP contribution >= 0.6 is 11.8 Å². The summed E-state index contributed by atoms with van der Waals surface area (Å²) < 4.78 is 0. The second kappa shape index (κ2) is 9.25. The Morgan fingerprint density at radius 1 is 1.07 bits per heavy atom. The van der Waals surface area contributed by atoms with Gasteiger partial charge in [-0.1, -0.05) is 36.2 Å². The third-order valence-electron chi connectivity index (χ3n) is 6.62. The SMILES string of the molecule is Cc1ccc(NC(=O)c2ccccc2SCC(=O)N[C@@H](C)[C@H]2C[C@H]3CC[C@H]2C3)cc1. The Labute approximate surface area is 183 Å². The van der Waals surface area contributed by atoms with Crippen molar-refractivity contribution in [1.82, 2.24) is 5.32 Å². The van der Waals surface area contributed by atoms with E-state index < -0.39 is 0 Å². The standard InChI is InChI=1S/C25H30N2O2S/c1-16-7-11-20(12-8-16)27-25(29)21-5-3-4-6-23(21)30-15-24(28)26-17(2)22-14-18-9-10-19(22)13-18/h3-8,11-12,17-19,22H,9-10,13-15H2,1-2H3,(H,26,28)(H,27,29)/t17-,18-,19-,22+/m0/s1. The molecule has 0 spiro atoms. The summed E-state index contributed by atoms with van der Waals surface area (Å²) in [7, 11) is 0. The zero-order valence-electron chi connectivity index (χ0n) is 17.7. The molecule has 4 nitrogen and oxygen atoms in total. The second-order valence-corrected chi connectivity index (χ2v) is 9.82. The molecule has 2 aromatic rings. The number of nitrogens with one attached hydrogen (secondary N) is 2. The Balaban J connectivity index is 1.32. The van der Waals surface area contributed by atoms with E-state index in [1.165, 1.54) is 37.4 Å². The highest BCUT2D eigenvalue weighted by Crippen LogP contribution is 2.49. The van der Waals surface area contributed by atoms with Crippen molar-refractivity contribution in [2.45, 2.75) is 50.5 Å². The van der Waals surface area contributed by atoms with Crippen molar-refractivity contribution < 1.29 is 9.59 Å². The first-order valence-electron chi connectivity index (χ1n) is 10.9. The van der Waals surface area contributed by atoms with E-state index in [-0.39, 0.29) is 17.9 Å². The van der Waals surface area contributed by atoms with Crippen molar-refractivity contribution in [2.75, 3.05) is 11.1 Å². The smallest absolute Gasteiger partial charge is 0.256 e. The first-order valence-corrected chi connectivity index (χ1v) is 11.9. The van der Waals surface area contributed by atoms with Gasteiger partial charge in [-0.3, -0.25) is 9.59 Å². The molecule has 4 rings (SSSR count). The molecule has 2 fully saturated rings. The van der Waals surface area contributed by atoms with Crippen LogP contribution < -0.4 is 10.6 Å². The number of amides is 2. The number of aryl methyl sites for hydroxylation is 1. The average Bonchev–Trinajstić information content (AvgIpc) is 3.38. The maximum Gasteiger partial charge on any atom is 0.256 e. The molecule has 0 heterocycles. The molecule has 5 heteroatoms. The first-order chi connectivity index (χ1) is 14.5. The van der Waals surface area contributed by atoms with Gasteiger partial charge in [0.15, 0.2) is 0 Å². The number of benzene rings is 2. The fourth-order valence-corrected chi connectivity index (χ4v) is 5.93. The van der Waals surface area contributed by atoms with E-state index in [1.54, 1.807) is 0 Å². The Bertz CT molecular complexity index is 912. The van der Waals surface area contributed by atoms with E-state index in [0.29, 0.717) is 17.2 Å². The Morgan fingerprint density at radius 2 is 1.83 bits per heavy atom. The van der Waals surface area contributed by atoms with Crippen LogP contribution in [0.3, 0.4) is 0 Å². The van der Waals surface area contributed by atoms with E-state index in [1.807, 2.05) is 55.5 Å². The largest absolute Gasteiger partial charge is 0.353 e. The molecule has 2 amide bonds. The van der Waals surface area contributed by atoms with Crippen LogP contribution in [0.5, 0.6) is 0 Å². The van der Waals surface area contributed by atoms with Crippen molar-refractivity contribution in [1.29, 1.82) is 0 Å². The van der Waals surface area contributed by atoms with Crippen LogP contribution in [-0.4, -0.2) is 23.6 Å². The Hall–Kier alpha value is -2.27. The lowest BCUT2D eigenvalue weighted by Gasteiger charge is -2.28. The van der Waals surface area contributed by atoms with E-state index >= 15 is 0 Å². The predicted octanol–water partition coefficient (Wildman–Crippen LogP) is 5.28. The minimum absolute atomic E-state index is 0.0454. The van der Waals surface area contributed by atoms with Crippen LogP contribution in [-0.2, 0) is 4.79 Å². The predicted molar refractivity (Wildman–Crippen MR) is 123 cm³/mol. The van der Waals surface area contributed by atoms with Gasteiger partial charge in [0.25, 0.3) is 5.91 Å². The molecule has 2 aromatic carbocycles. The molecule has 2 aliphatic rings. The first kappa shape index (κ1) is 21.0. The van der Waals surface area contributed by atoms with Gasteiger partial charge in [-0.15, -0.1) is 11.8 Å². The number of thioether (sulfide) groups is 1. The molecule has 158 valence electrons. The van der Waals surface area contributed by atoms with Crippen LogP contribution in [0.4, 0.5) is 5.69 Å². The van der Waals surface area contributed by atoms with Gasteiger partial charge in [0, 0.05) is 16.6 Å². The van der Waals surface area contributed by atoms with Gasteiger partial charge in [-0.25, -0.2) is 0 Å². The quantitative estimate of drug-likeness (QED) is 0.597. The maximum absolute atomic E-state index is 12.8. The highest BCUT2D eigenvalue weighted by Gasteiger charge is 2.42. The molecular weight excluding hydrogens is 392 g/mol. The van der Waals surface area contributed by atoms with Crippen LogP contribution in [0, 0.1) is 24.7 Å². The van der Waals surface area contributed by atoms with Gasteiger partial charge in [0.2, 0.25) is 5.91 Å². The topological polar surface area (TPSA) is 58.2 Å². The van der Waals surface area contributed by atoms with Crippen LogP contribution in [0.1, 0.15) is 48.5 Å². The van der Waals surface area contributed by atoms with E-state index in [0.717, 1.165) is 28.0 Å². The van der Waals surface area contributed by atoms with Gasteiger partial charge in [-0.2, -0.15) is 0 Å². The van der Waals surface area contributed by atoms with Gasteiger partial charge in [0.05, 0.1) is 11.3 Å². The third kappa shape index (κ3) is 4.89. The number of anilines is 1. The summed E-state index contributed by atoms with van der Waals surface area (Å²) in [5.74, 6) is 2.52. The molecule has 0 saturated heterocycles. The van der Waals surface area contributed by atoms with Gasteiger partial charge >= 0.3 is 0 Å². The third-order valence-corrected chi connectivity index (χ3v) is 7.70. The molecule has 4 atom stereocenters. The van der Waals surface area contributed by atoms with Crippen LogP contribution in [0.2, 0.25) is 0 Å². The highest BCUT2D eigenvalue weighted by atomic mass is 32.2. The molecule has 2 bridgehead atoms. The summed E-state index contributed by atoms with van der Waals surface area (Å²) in [5, 5.41) is 6.16. The molecular formula is C25H30N2O2S. The minimum atomic E-state index is -0.155. The summed E-state index contributed by atoms with van der Waals surface area (Å²) in [6.07, 6.45) is 5.32. The summed E-state index contributed by atoms with van der Waals surface area (Å²) in [6, 6.07) is 15.4. The monoisotopic (exact) mass is 422 g/mol. The average molecular weight is 423 g/mol.